The number of aliphatic hydroxyl groups excluding tert-OH is 1. The van der Waals surface area contributed by atoms with Gasteiger partial charge in [0.1, 0.15) is 22.4 Å². The number of thiazole rings is 1. The number of fused-ring (bicyclic) bond motifs is 1. The number of benzene rings is 2. The van der Waals surface area contributed by atoms with Crippen molar-refractivity contribution in [2.45, 2.75) is 6.18 Å². The number of aliphatic hydroxyl groups is 1. The third-order valence-corrected chi connectivity index (χ3v) is 4.38. The van der Waals surface area contributed by atoms with Gasteiger partial charge in [-0.15, -0.1) is 11.3 Å². The molecule has 0 bridgehead atoms. The molecule has 0 fully saturated rings. The maximum Gasteiger partial charge on any atom is 0.416 e. The molecular formula is C17H9F3N2OS. The average molecular weight is 346 g/mol. The Balaban J connectivity index is 2.13. The molecule has 1 aromatic heterocycles. The summed E-state index contributed by atoms with van der Waals surface area (Å²) in [5.41, 5.74) is -0.305. The predicted molar refractivity (Wildman–Crippen MR) is 86.1 cm³/mol. The number of hydrogen-bond acceptors (Lipinski definition) is 4. The van der Waals surface area contributed by atoms with Crippen molar-refractivity contribution in [3.05, 3.63) is 64.7 Å². The van der Waals surface area contributed by atoms with Gasteiger partial charge in [0.25, 0.3) is 0 Å². The summed E-state index contributed by atoms with van der Waals surface area (Å²) in [5.74, 6) is -0.256. The van der Waals surface area contributed by atoms with Gasteiger partial charge in [0.05, 0.1) is 15.8 Å². The van der Waals surface area contributed by atoms with Crippen molar-refractivity contribution in [3.8, 4) is 6.07 Å². The number of nitriles is 1. The number of nitrogens with zero attached hydrogens (tertiary/aromatic N) is 2. The zero-order chi connectivity index (χ0) is 17.3. The summed E-state index contributed by atoms with van der Waals surface area (Å²) >= 11 is 1.05. The van der Waals surface area contributed by atoms with E-state index in [9.17, 15) is 23.5 Å². The fourth-order valence-electron chi connectivity index (χ4n) is 2.15. The largest absolute Gasteiger partial charge is 0.506 e. The van der Waals surface area contributed by atoms with Crippen LogP contribution in [0.3, 0.4) is 0 Å². The molecule has 7 heteroatoms. The van der Waals surface area contributed by atoms with Crippen LogP contribution < -0.4 is 0 Å². The van der Waals surface area contributed by atoms with E-state index >= 15 is 0 Å². The van der Waals surface area contributed by atoms with Crippen LogP contribution in [0.4, 0.5) is 13.2 Å². The third kappa shape index (κ3) is 2.96. The summed E-state index contributed by atoms with van der Waals surface area (Å²) in [6.45, 7) is 0. The Hall–Kier alpha value is -2.85. The second-order valence-electron chi connectivity index (χ2n) is 4.90. The van der Waals surface area contributed by atoms with Crippen LogP contribution in [0.5, 0.6) is 0 Å². The lowest BCUT2D eigenvalue weighted by Crippen LogP contribution is -2.03. The minimum absolute atomic E-state index is 0.0732. The van der Waals surface area contributed by atoms with Crippen LogP contribution in [0.1, 0.15) is 16.1 Å². The van der Waals surface area contributed by atoms with Crippen LogP contribution in [0, 0.1) is 11.3 Å². The topological polar surface area (TPSA) is 56.9 Å². The van der Waals surface area contributed by atoms with E-state index in [0.717, 1.165) is 23.5 Å². The molecule has 24 heavy (non-hydrogen) atoms. The Morgan fingerprint density at radius 3 is 2.46 bits per heavy atom. The summed E-state index contributed by atoms with van der Waals surface area (Å²) in [5, 5.41) is 19.8. The Bertz CT molecular complexity index is 969. The Labute approximate surface area is 138 Å². The number of rotatable bonds is 2. The summed E-state index contributed by atoms with van der Waals surface area (Å²) in [7, 11) is 0. The second kappa shape index (κ2) is 5.98. The van der Waals surface area contributed by atoms with Crippen molar-refractivity contribution < 1.29 is 18.3 Å². The molecule has 3 rings (SSSR count). The van der Waals surface area contributed by atoms with Gasteiger partial charge in [0.15, 0.2) is 0 Å². The lowest BCUT2D eigenvalue weighted by Gasteiger charge is -2.04. The van der Waals surface area contributed by atoms with Crippen molar-refractivity contribution in [3.63, 3.8) is 0 Å². The second-order valence-corrected chi connectivity index (χ2v) is 5.93. The van der Waals surface area contributed by atoms with E-state index in [1.165, 1.54) is 6.07 Å². The minimum Gasteiger partial charge on any atom is -0.506 e. The van der Waals surface area contributed by atoms with Crippen LogP contribution >= 0.6 is 11.3 Å². The SMILES string of the molecule is N#CC(=C(O)c1ccccc1)c1nc2cc(C(F)(F)F)ccc2s1. The first-order valence-electron chi connectivity index (χ1n) is 6.77. The maximum absolute atomic E-state index is 12.8. The van der Waals surface area contributed by atoms with Crippen molar-refractivity contribution in [1.29, 1.82) is 5.26 Å². The van der Waals surface area contributed by atoms with Crippen molar-refractivity contribution >= 4 is 32.9 Å². The van der Waals surface area contributed by atoms with Gasteiger partial charge in [0, 0.05) is 5.56 Å². The lowest BCUT2D eigenvalue weighted by atomic mass is 10.1. The van der Waals surface area contributed by atoms with Gasteiger partial charge in [-0.3, -0.25) is 0 Å². The fourth-order valence-corrected chi connectivity index (χ4v) is 3.10. The number of allylic oxidation sites excluding steroid dienone is 1. The zero-order valence-electron chi connectivity index (χ0n) is 12.0. The first-order valence-corrected chi connectivity index (χ1v) is 7.58. The van der Waals surface area contributed by atoms with E-state index in [2.05, 4.69) is 4.98 Å². The van der Waals surface area contributed by atoms with Gasteiger partial charge in [-0.25, -0.2) is 4.98 Å². The number of aromatic nitrogens is 1. The summed E-state index contributed by atoms with van der Waals surface area (Å²) in [6.07, 6.45) is -4.46. The molecule has 3 aromatic rings. The van der Waals surface area contributed by atoms with E-state index in [1.807, 2.05) is 6.07 Å². The van der Waals surface area contributed by atoms with Gasteiger partial charge >= 0.3 is 6.18 Å². The van der Waals surface area contributed by atoms with Crippen LogP contribution in [-0.4, -0.2) is 10.1 Å². The molecule has 2 aromatic carbocycles. The normalized spacial score (nSPS) is 12.8. The highest BCUT2D eigenvalue weighted by molar-refractivity contribution is 7.19. The lowest BCUT2D eigenvalue weighted by molar-refractivity contribution is -0.137. The molecule has 0 amide bonds. The van der Waals surface area contributed by atoms with Crippen LogP contribution in [-0.2, 0) is 6.18 Å². The Kier molecular flexibility index (Phi) is 3.99. The van der Waals surface area contributed by atoms with E-state index in [-0.39, 0.29) is 21.9 Å². The molecule has 1 heterocycles. The molecule has 0 radical (unpaired) electrons. The Morgan fingerprint density at radius 2 is 1.83 bits per heavy atom. The van der Waals surface area contributed by atoms with E-state index in [4.69, 9.17) is 0 Å². The van der Waals surface area contributed by atoms with E-state index in [0.29, 0.717) is 10.3 Å². The first-order chi connectivity index (χ1) is 11.4. The molecule has 0 saturated heterocycles. The highest BCUT2D eigenvalue weighted by Crippen LogP contribution is 2.35. The van der Waals surface area contributed by atoms with Crippen LogP contribution in [0.2, 0.25) is 0 Å². The fraction of sp³-hybridized carbons (Fsp3) is 0.0588. The zero-order valence-corrected chi connectivity index (χ0v) is 12.8. The predicted octanol–water partition coefficient (Wildman–Crippen LogP) is 5.26. The smallest absolute Gasteiger partial charge is 0.416 e. The molecule has 0 atom stereocenters. The van der Waals surface area contributed by atoms with Gasteiger partial charge in [0.2, 0.25) is 0 Å². The first kappa shape index (κ1) is 16.0. The van der Waals surface area contributed by atoms with Gasteiger partial charge in [-0.05, 0) is 18.2 Å². The van der Waals surface area contributed by atoms with E-state index < -0.39 is 11.7 Å². The quantitative estimate of drug-likeness (QED) is 0.508. The molecule has 0 saturated carbocycles. The van der Waals surface area contributed by atoms with Crippen molar-refractivity contribution in [2.24, 2.45) is 0 Å². The van der Waals surface area contributed by atoms with Gasteiger partial charge < -0.3 is 5.11 Å². The molecule has 0 spiro atoms. The monoisotopic (exact) mass is 346 g/mol. The minimum atomic E-state index is -4.46. The van der Waals surface area contributed by atoms with Crippen molar-refractivity contribution in [1.82, 2.24) is 4.98 Å². The average Bonchev–Trinajstić information content (AvgIpc) is 2.98. The molecule has 0 aliphatic carbocycles. The Morgan fingerprint density at radius 1 is 1.12 bits per heavy atom. The molecule has 0 unspecified atom stereocenters. The standard InChI is InChI=1S/C17H9F3N2OS/c18-17(19,20)11-6-7-14-13(8-11)22-16(24-14)12(9-21)15(23)10-4-2-1-3-5-10/h1-8,23H. The molecule has 3 nitrogen and oxygen atoms in total. The molecule has 0 aliphatic heterocycles. The van der Waals surface area contributed by atoms with Crippen LogP contribution in [0.25, 0.3) is 21.5 Å². The number of halogens is 3. The highest BCUT2D eigenvalue weighted by atomic mass is 32.1. The highest BCUT2D eigenvalue weighted by Gasteiger charge is 2.31. The number of alkyl halides is 3. The van der Waals surface area contributed by atoms with Gasteiger partial charge in [-0.2, -0.15) is 18.4 Å². The molecule has 1 N–H and O–H groups in total. The molecule has 120 valence electrons. The molecule has 0 aliphatic rings. The maximum atomic E-state index is 12.8. The summed E-state index contributed by atoms with van der Waals surface area (Å²) in [4.78, 5) is 4.08. The molecular weight excluding hydrogens is 337 g/mol. The van der Waals surface area contributed by atoms with Gasteiger partial charge in [-0.1, -0.05) is 30.3 Å². The number of hydrogen-bond donors (Lipinski definition) is 1. The summed E-state index contributed by atoms with van der Waals surface area (Å²) in [6, 6.07) is 13.5. The van der Waals surface area contributed by atoms with E-state index in [1.54, 1.807) is 30.3 Å². The van der Waals surface area contributed by atoms with Crippen molar-refractivity contribution in [2.75, 3.05) is 0 Å². The van der Waals surface area contributed by atoms with Crippen LogP contribution in [0.15, 0.2) is 48.5 Å². The summed E-state index contributed by atoms with van der Waals surface area (Å²) < 4.78 is 38.8. The third-order valence-electron chi connectivity index (χ3n) is 3.32.